The molecule has 2 rings (SSSR count). The number of nitro benzene ring substituents is 1. The first kappa shape index (κ1) is 14.8. The molecule has 0 atom stereocenters. The molecule has 5 nitrogen and oxygen atoms in total. The normalized spacial score (nSPS) is 10.2. The molecule has 5 heteroatoms. The molecule has 0 amide bonds. The minimum absolute atomic E-state index is 0.0630. The number of nitrogens with one attached hydrogen (secondary N) is 1. The van der Waals surface area contributed by atoms with Gasteiger partial charge in [-0.15, -0.1) is 0 Å². The molecule has 0 bridgehead atoms. The summed E-state index contributed by atoms with van der Waals surface area (Å²) in [5.74, 6) is 0.833. The maximum Gasteiger partial charge on any atom is 0.292 e. The lowest BCUT2D eigenvalue weighted by Crippen LogP contribution is -2.01. The van der Waals surface area contributed by atoms with Crippen LogP contribution in [0.3, 0.4) is 0 Å². The van der Waals surface area contributed by atoms with E-state index in [1.165, 1.54) is 11.6 Å². The van der Waals surface area contributed by atoms with Crippen LogP contribution in [0.15, 0.2) is 36.4 Å². The minimum atomic E-state index is -0.402. The summed E-state index contributed by atoms with van der Waals surface area (Å²) in [6.07, 6.45) is 0. The number of anilines is 1. The van der Waals surface area contributed by atoms with Crippen LogP contribution in [-0.2, 0) is 6.61 Å². The molecule has 2 aromatic carbocycles. The second-order valence-corrected chi connectivity index (χ2v) is 4.85. The number of nitrogens with zero attached hydrogens (tertiary/aromatic N) is 1. The average molecular weight is 286 g/mol. The lowest BCUT2D eigenvalue weighted by atomic mass is 10.1. The van der Waals surface area contributed by atoms with E-state index in [4.69, 9.17) is 4.74 Å². The zero-order valence-corrected chi connectivity index (χ0v) is 12.3. The van der Waals surface area contributed by atoms with E-state index in [9.17, 15) is 10.1 Å². The Morgan fingerprint density at radius 1 is 1.24 bits per heavy atom. The Hall–Kier alpha value is -2.56. The molecule has 1 N–H and O–H groups in total. The highest BCUT2D eigenvalue weighted by atomic mass is 16.6. The summed E-state index contributed by atoms with van der Waals surface area (Å²) >= 11 is 0. The maximum atomic E-state index is 10.9. The Balaban J connectivity index is 2.17. The van der Waals surface area contributed by atoms with Gasteiger partial charge in [0.25, 0.3) is 5.69 Å². The third-order valence-corrected chi connectivity index (χ3v) is 3.48. The van der Waals surface area contributed by atoms with Crippen LogP contribution in [0, 0.1) is 24.0 Å². The van der Waals surface area contributed by atoms with Crippen molar-refractivity contribution in [2.45, 2.75) is 20.5 Å². The Bertz CT molecular complexity index is 669. The molecule has 0 saturated heterocycles. The Kier molecular flexibility index (Phi) is 4.42. The van der Waals surface area contributed by atoms with Crippen molar-refractivity contribution in [3.8, 4) is 5.75 Å². The molecule has 2 aromatic rings. The van der Waals surface area contributed by atoms with E-state index >= 15 is 0 Å². The highest BCUT2D eigenvalue weighted by Crippen LogP contribution is 2.26. The summed E-state index contributed by atoms with van der Waals surface area (Å²) in [7, 11) is 1.66. The fourth-order valence-electron chi connectivity index (χ4n) is 2.07. The molecule has 0 saturated carbocycles. The van der Waals surface area contributed by atoms with Gasteiger partial charge in [0.2, 0.25) is 0 Å². The summed E-state index contributed by atoms with van der Waals surface area (Å²) in [5.41, 5.74) is 3.71. The van der Waals surface area contributed by atoms with Crippen molar-refractivity contribution in [2.75, 3.05) is 12.4 Å². The third-order valence-electron chi connectivity index (χ3n) is 3.48. The van der Waals surface area contributed by atoms with Gasteiger partial charge < -0.3 is 10.1 Å². The first-order valence-electron chi connectivity index (χ1n) is 6.67. The highest BCUT2D eigenvalue weighted by Gasteiger charge is 2.13. The molecule has 0 aliphatic heterocycles. The quantitative estimate of drug-likeness (QED) is 0.670. The number of ether oxygens (including phenoxy) is 1. The van der Waals surface area contributed by atoms with Gasteiger partial charge in [0, 0.05) is 13.1 Å². The van der Waals surface area contributed by atoms with Crippen molar-refractivity contribution in [2.24, 2.45) is 0 Å². The van der Waals surface area contributed by atoms with Gasteiger partial charge in [0.1, 0.15) is 18.0 Å². The number of benzene rings is 2. The summed E-state index contributed by atoms with van der Waals surface area (Å²) in [5, 5.41) is 13.7. The van der Waals surface area contributed by atoms with Crippen molar-refractivity contribution in [3.05, 3.63) is 63.2 Å². The van der Waals surface area contributed by atoms with Crippen LogP contribution in [0.5, 0.6) is 5.75 Å². The number of hydrogen-bond donors (Lipinski definition) is 1. The maximum absolute atomic E-state index is 10.9. The fraction of sp³-hybridized carbons (Fsp3) is 0.250. The number of rotatable bonds is 5. The van der Waals surface area contributed by atoms with Crippen molar-refractivity contribution in [1.82, 2.24) is 0 Å². The monoisotopic (exact) mass is 286 g/mol. The van der Waals surface area contributed by atoms with Crippen molar-refractivity contribution in [3.63, 3.8) is 0 Å². The Labute approximate surface area is 123 Å². The number of aryl methyl sites for hydroxylation is 1. The lowest BCUT2D eigenvalue weighted by molar-refractivity contribution is -0.384. The lowest BCUT2D eigenvalue weighted by Gasteiger charge is -2.11. The average Bonchev–Trinajstić information content (AvgIpc) is 2.48. The highest BCUT2D eigenvalue weighted by molar-refractivity contribution is 5.62. The Morgan fingerprint density at radius 2 is 2.00 bits per heavy atom. The SMILES string of the molecule is CNc1cc(COc2cccc(C)c2C)ccc1[N+](=O)[O-]. The molecule has 0 aliphatic rings. The molecule has 0 unspecified atom stereocenters. The molecule has 0 spiro atoms. The van der Waals surface area contributed by atoms with Crippen molar-refractivity contribution in [1.29, 1.82) is 0 Å². The van der Waals surface area contributed by atoms with E-state index in [2.05, 4.69) is 5.32 Å². The molecular formula is C16H18N2O3. The molecule has 0 aliphatic carbocycles. The molecule has 0 fully saturated rings. The van der Waals surface area contributed by atoms with Gasteiger partial charge in [-0.2, -0.15) is 0 Å². The van der Waals surface area contributed by atoms with E-state index in [1.807, 2.05) is 32.0 Å². The molecule has 21 heavy (non-hydrogen) atoms. The van der Waals surface area contributed by atoms with E-state index < -0.39 is 4.92 Å². The van der Waals surface area contributed by atoms with Crippen LogP contribution >= 0.6 is 0 Å². The molecule has 0 heterocycles. The summed E-state index contributed by atoms with van der Waals surface area (Å²) in [6.45, 7) is 4.42. The van der Waals surface area contributed by atoms with Gasteiger partial charge >= 0.3 is 0 Å². The smallest absolute Gasteiger partial charge is 0.292 e. The largest absolute Gasteiger partial charge is 0.489 e. The topological polar surface area (TPSA) is 64.4 Å². The first-order valence-corrected chi connectivity index (χ1v) is 6.67. The molecule has 0 aromatic heterocycles. The molecular weight excluding hydrogens is 268 g/mol. The molecule has 0 radical (unpaired) electrons. The summed E-state index contributed by atoms with van der Waals surface area (Å²) in [6, 6.07) is 10.9. The van der Waals surface area contributed by atoms with E-state index in [1.54, 1.807) is 19.2 Å². The van der Waals surface area contributed by atoms with E-state index in [0.717, 1.165) is 16.9 Å². The van der Waals surface area contributed by atoms with Gasteiger partial charge in [0.15, 0.2) is 0 Å². The molecule has 110 valence electrons. The van der Waals surface area contributed by atoms with E-state index in [0.29, 0.717) is 12.3 Å². The van der Waals surface area contributed by atoms with Crippen LogP contribution in [0.4, 0.5) is 11.4 Å². The number of hydrogen-bond acceptors (Lipinski definition) is 4. The number of nitro groups is 1. The van der Waals surface area contributed by atoms with Gasteiger partial charge in [0.05, 0.1) is 4.92 Å². The van der Waals surface area contributed by atoms with Crippen LogP contribution in [0.2, 0.25) is 0 Å². The third kappa shape index (κ3) is 3.31. The van der Waals surface area contributed by atoms with Crippen LogP contribution in [0.1, 0.15) is 16.7 Å². The predicted octanol–water partition coefficient (Wildman–Crippen LogP) is 3.83. The standard InChI is InChI=1S/C16H18N2O3/c1-11-5-4-6-16(12(11)2)21-10-13-7-8-15(18(19)20)14(9-13)17-3/h4-9,17H,10H2,1-3H3. The minimum Gasteiger partial charge on any atom is -0.489 e. The second kappa shape index (κ2) is 6.26. The van der Waals surface area contributed by atoms with Crippen LogP contribution < -0.4 is 10.1 Å². The predicted molar refractivity (Wildman–Crippen MR) is 82.9 cm³/mol. The van der Waals surface area contributed by atoms with Gasteiger partial charge in [-0.3, -0.25) is 10.1 Å². The first-order chi connectivity index (χ1) is 10.0. The zero-order chi connectivity index (χ0) is 15.4. The Morgan fingerprint density at radius 3 is 2.67 bits per heavy atom. The fourth-order valence-corrected chi connectivity index (χ4v) is 2.07. The van der Waals surface area contributed by atoms with E-state index in [-0.39, 0.29) is 5.69 Å². The van der Waals surface area contributed by atoms with Crippen molar-refractivity contribution >= 4 is 11.4 Å². The van der Waals surface area contributed by atoms with Gasteiger partial charge in [-0.25, -0.2) is 0 Å². The van der Waals surface area contributed by atoms with Crippen LogP contribution in [0.25, 0.3) is 0 Å². The van der Waals surface area contributed by atoms with Gasteiger partial charge in [-0.05, 0) is 48.7 Å². The second-order valence-electron chi connectivity index (χ2n) is 4.85. The zero-order valence-electron chi connectivity index (χ0n) is 12.3. The summed E-state index contributed by atoms with van der Waals surface area (Å²) in [4.78, 5) is 10.5. The van der Waals surface area contributed by atoms with Crippen LogP contribution in [-0.4, -0.2) is 12.0 Å². The summed E-state index contributed by atoms with van der Waals surface area (Å²) < 4.78 is 5.81. The van der Waals surface area contributed by atoms with Gasteiger partial charge in [-0.1, -0.05) is 12.1 Å². The van der Waals surface area contributed by atoms with Crippen molar-refractivity contribution < 1.29 is 9.66 Å².